The monoisotopic (exact) mass is 317 g/mol. The molecule has 0 aliphatic carbocycles. The molecule has 6 nitrogen and oxygen atoms in total. The van der Waals surface area contributed by atoms with Crippen molar-refractivity contribution in [3.05, 3.63) is 24.3 Å². The van der Waals surface area contributed by atoms with Gasteiger partial charge in [0.15, 0.2) is 0 Å². The molecule has 0 aromatic heterocycles. The van der Waals surface area contributed by atoms with Crippen LogP contribution in [0.1, 0.15) is 26.2 Å². The normalized spacial score (nSPS) is 21.5. The smallest absolute Gasteiger partial charge is 0.414 e. The topological polar surface area (TPSA) is 61.9 Å². The Bertz CT molecular complexity index is 590. The van der Waals surface area contributed by atoms with E-state index in [-0.39, 0.29) is 18.0 Å². The molecule has 2 saturated heterocycles. The van der Waals surface area contributed by atoms with Gasteiger partial charge in [-0.3, -0.25) is 14.6 Å². The highest BCUT2D eigenvalue weighted by Gasteiger charge is 2.30. The van der Waals surface area contributed by atoms with Crippen LogP contribution < -0.4 is 10.2 Å². The lowest BCUT2D eigenvalue weighted by Gasteiger charge is -2.23. The first-order valence-electron chi connectivity index (χ1n) is 8.28. The number of anilines is 2. The Morgan fingerprint density at radius 3 is 3.00 bits per heavy atom. The number of rotatable bonds is 5. The average molecular weight is 317 g/mol. The zero-order valence-electron chi connectivity index (χ0n) is 13.5. The Balaban J connectivity index is 1.68. The summed E-state index contributed by atoms with van der Waals surface area (Å²) in [4.78, 5) is 28.0. The van der Waals surface area contributed by atoms with Crippen LogP contribution in [-0.2, 0) is 9.53 Å². The van der Waals surface area contributed by atoms with Crippen LogP contribution in [0, 0.1) is 0 Å². The van der Waals surface area contributed by atoms with E-state index < -0.39 is 0 Å². The highest BCUT2D eigenvalue weighted by Crippen LogP contribution is 2.24. The predicted molar refractivity (Wildman–Crippen MR) is 88.7 cm³/mol. The van der Waals surface area contributed by atoms with Gasteiger partial charge in [-0.2, -0.15) is 0 Å². The first kappa shape index (κ1) is 15.8. The third kappa shape index (κ3) is 3.47. The third-order valence-corrected chi connectivity index (χ3v) is 4.36. The maximum absolute atomic E-state index is 12.5. The van der Waals surface area contributed by atoms with Gasteiger partial charge >= 0.3 is 6.09 Å². The van der Waals surface area contributed by atoms with Crippen LogP contribution in [0.5, 0.6) is 0 Å². The summed E-state index contributed by atoms with van der Waals surface area (Å²) in [6.45, 7) is 5.03. The van der Waals surface area contributed by atoms with Crippen LogP contribution in [0.3, 0.4) is 0 Å². The largest absolute Gasteiger partial charge is 0.447 e. The van der Waals surface area contributed by atoms with Gasteiger partial charge in [-0.05, 0) is 50.6 Å². The molecule has 6 heteroatoms. The predicted octanol–water partition coefficient (Wildman–Crippen LogP) is 2.46. The first-order valence-corrected chi connectivity index (χ1v) is 8.28. The minimum atomic E-state index is -0.335. The van der Waals surface area contributed by atoms with E-state index in [0.29, 0.717) is 13.2 Å². The lowest BCUT2D eigenvalue weighted by Crippen LogP contribution is -2.40. The van der Waals surface area contributed by atoms with Crippen molar-refractivity contribution in [3.63, 3.8) is 0 Å². The summed E-state index contributed by atoms with van der Waals surface area (Å²) in [5.74, 6) is 0.0390. The molecule has 2 fully saturated rings. The van der Waals surface area contributed by atoms with Crippen molar-refractivity contribution in [3.8, 4) is 0 Å². The van der Waals surface area contributed by atoms with E-state index >= 15 is 0 Å². The molecule has 0 unspecified atom stereocenters. The van der Waals surface area contributed by atoms with Crippen molar-refractivity contribution in [1.82, 2.24) is 4.90 Å². The highest BCUT2D eigenvalue weighted by atomic mass is 16.6. The number of ether oxygens (including phenoxy) is 1. The standard InChI is InChI=1S/C17H23N3O3/c1-2-8-19-9-4-7-15(19)16(21)18-13-5-3-6-14(12-13)20-10-11-23-17(20)22/h3,5-6,12,15H,2,4,7-11H2,1H3,(H,18,21)/t15-/m1/s1. The van der Waals surface area contributed by atoms with Crippen LogP contribution in [0.2, 0.25) is 0 Å². The van der Waals surface area contributed by atoms with Crippen LogP contribution >= 0.6 is 0 Å². The Hall–Kier alpha value is -2.08. The average Bonchev–Trinajstić information content (AvgIpc) is 3.17. The second-order valence-electron chi connectivity index (χ2n) is 6.00. The Kier molecular flexibility index (Phi) is 4.81. The van der Waals surface area contributed by atoms with Gasteiger partial charge in [-0.15, -0.1) is 0 Å². The van der Waals surface area contributed by atoms with E-state index in [1.54, 1.807) is 4.90 Å². The zero-order chi connectivity index (χ0) is 16.2. The number of carbonyl (C=O) groups is 2. The van der Waals surface area contributed by atoms with E-state index in [9.17, 15) is 9.59 Å². The van der Waals surface area contributed by atoms with Gasteiger partial charge in [0, 0.05) is 11.4 Å². The fourth-order valence-electron chi connectivity index (χ4n) is 3.28. The van der Waals surface area contributed by atoms with Crippen LogP contribution in [-0.4, -0.2) is 49.2 Å². The molecule has 2 aliphatic rings. The van der Waals surface area contributed by atoms with Crippen molar-refractivity contribution >= 4 is 23.4 Å². The van der Waals surface area contributed by atoms with Crippen molar-refractivity contribution in [2.45, 2.75) is 32.2 Å². The molecule has 0 radical (unpaired) electrons. The lowest BCUT2D eigenvalue weighted by atomic mass is 10.2. The number of cyclic esters (lactones) is 1. The SMILES string of the molecule is CCCN1CCC[C@@H]1C(=O)Nc1cccc(N2CCOC2=O)c1. The van der Waals surface area contributed by atoms with Gasteiger partial charge in [0.05, 0.1) is 12.6 Å². The molecule has 1 aromatic rings. The molecule has 124 valence electrons. The number of nitrogens with zero attached hydrogens (tertiary/aromatic N) is 2. The summed E-state index contributed by atoms with van der Waals surface area (Å²) in [6.07, 6.45) is 2.69. The number of carbonyl (C=O) groups excluding carboxylic acids is 2. The number of likely N-dealkylation sites (tertiary alicyclic amines) is 1. The molecule has 0 saturated carbocycles. The second-order valence-corrected chi connectivity index (χ2v) is 6.00. The van der Waals surface area contributed by atoms with Gasteiger partial charge in [-0.1, -0.05) is 13.0 Å². The maximum atomic E-state index is 12.5. The van der Waals surface area contributed by atoms with Gasteiger partial charge in [-0.25, -0.2) is 4.79 Å². The van der Waals surface area contributed by atoms with E-state index in [0.717, 1.165) is 43.7 Å². The van der Waals surface area contributed by atoms with Gasteiger partial charge in [0.1, 0.15) is 6.61 Å². The van der Waals surface area contributed by atoms with Crippen molar-refractivity contribution < 1.29 is 14.3 Å². The van der Waals surface area contributed by atoms with E-state index in [4.69, 9.17) is 4.74 Å². The Morgan fingerprint density at radius 2 is 2.26 bits per heavy atom. The molecule has 1 aromatic carbocycles. The summed E-state index contributed by atoms with van der Waals surface area (Å²) in [6, 6.07) is 7.32. The van der Waals surface area contributed by atoms with E-state index in [1.165, 1.54) is 0 Å². The molecule has 0 spiro atoms. The number of nitrogens with one attached hydrogen (secondary N) is 1. The van der Waals surface area contributed by atoms with E-state index in [2.05, 4.69) is 17.1 Å². The molecule has 3 rings (SSSR count). The molecule has 2 heterocycles. The van der Waals surface area contributed by atoms with Gasteiger partial charge in [0.2, 0.25) is 5.91 Å². The third-order valence-electron chi connectivity index (χ3n) is 4.36. The Labute approximate surface area is 136 Å². The fourth-order valence-corrected chi connectivity index (χ4v) is 3.28. The van der Waals surface area contributed by atoms with Crippen molar-refractivity contribution in [2.24, 2.45) is 0 Å². The van der Waals surface area contributed by atoms with Gasteiger partial charge in [0.25, 0.3) is 0 Å². The Morgan fingerprint density at radius 1 is 1.39 bits per heavy atom. The van der Waals surface area contributed by atoms with Crippen LogP contribution in [0.25, 0.3) is 0 Å². The molecular weight excluding hydrogens is 294 g/mol. The molecular formula is C17H23N3O3. The molecule has 2 aliphatic heterocycles. The highest BCUT2D eigenvalue weighted by molar-refractivity contribution is 5.96. The molecule has 2 amide bonds. The minimum absolute atomic E-state index is 0.0390. The summed E-state index contributed by atoms with van der Waals surface area (Å²) < 4.78 is 4.96. The second kappa shape index (κ2) is 7.00. The van der Waals surface area contributed by atoms with Crippen LogP contribution in [0.4, 0.5) is 16.2 Å². The molecule has 23 heavy (non-hydrogen) atoms. The van der Waals surface area contributed by atoms with Crippen molar-refractivity contribution in [2.75, 3.05) is 36.5 Å². The van der Waals surface area contributed by atoms with Crippen molar-refractivity contribution in [1.29, 1.82) is 0 Å². The number of hydrogen-bond donors (Lipinski definition) is 1. The fraction of sp³-hybridized carbons (Fsp3) is 0.529. The molecule has 0 bridgehead atoms. The van der Waals surface area contributed by atoms with E-state index in [1.807, 2.05) is 24.3 Å². The quantitative estimate of drug-likeness (QED) is 0.906. The molecule has 1 atom stereocenters. The lowest BCUT2D eigenvalue weighted by molar-refractivity contribution is -0.120. The van der Waals surface area contributed by atoms with Gasteiger partial charge < -0.3 is 10.1 Å². The minimum Gasteiger partial charge on any atom is -0.447 e. The summed E-state index contributed by atoms with van der Waals surface area (Å²) in [5.41, 5.74) is 1.47. The number of hydrogen-bond acceptors (Lipinski definition) is 4. The van der Waals surface area contributed by atoms with Crippen LogP contribution in [0.15, 0.2) is 24.3 Å². The maximum Gasteiger partial charge on any atom is 0.414 e. The summed E-state index contributed by atoms with van der Waals surface area (Å²) in [5, 5.41) is 2.99. The number of amides is 2. The number of benzene rings is 1. The first-order chi connectivity index (χ1) is 11.2. The summed E-state index contributed by atoms with van der Waals surface area (Å²) >= 11 is 0. The summed E-state index contributed by atoms with van der Waals surface area (Å²) in [7, 11) is 0. The molecule has 1 N–H and O–H groups in total. The zero-order valence-corrected chi connectivity index (χ0v) is 13.5.